The number of ether oxygens (including phenoxy) is 2. The number of carbonyl (C=O) groups excluding carboxylic acids is 2. The molecule has 0 aliphatic carbocycles. The Morgan fingerprint density at radius 2 is 1.82 bits per heavy atom. The highest BCUT2D eigenvalue weighted by molar-refractivity contribution is 6.03. The van der Waals surface area contributed by atoms with Gasteiger partial charge in [-0.15, -0.1) is 0 Å². The first-order valence-electron chi connectivity index (χ1n) is 13.4. The first-order valence-corrected chi connectivity index (χ1v) is 13.4. The van der Waals surface area contributed by atoms with Crippen LogP contribution >= 0.6 is 0 Å². The van der Waals surface area contributed by atoms with Crippen LogP contribution in [0.4, 0.5) is 4.79 Å². The summed E-state index contributed by atoms with van der Waals surface area (Å²) >= 11 is 0. The Bertz CT molecular complexity index is 1100. The third-order valence-electron chi connectivity index (χ3n) is 6.98. The van der Waals surface area contributed by atoms with Gasteiger partial charge in [0.05, 0.1) is 32.1 Å². The lowest BCUT2D eigenvalue weighted by Crippen LogP contribution is -2.49. The lowest BCUT2D eigenvalue weighted by molar-refractivity contribution is -0.133. The summed E-state index contributed by atoms with van der Waals surface area (Å²) in [6.07, 6.45) is 1.42. The number of hydrazone groups is 1. The average molecular weight is 522 g/mol. The molecule has 0 spiro atoms. The van der Waals surface area contributed by atoms with Gasteiger partial charge in [0.2, 0.25) is 0 Å². The second kappa shape index (κ2) is 13.4. The van der Waals surface area contributed by atoms with Gasteiger partial charge in [-0.1, -0.05) is 36.8 Å². The molecule has 9 heteroatoms. The summed E-state index contributed by atoms with van der Waals surface area (Å²) < 4.78 is 10.7. The van der Waals surface area contributed by atoms with Crippen molar-refractivity contribution in [3.05, 3.63) is 65.2 Å². The molecule has 2 aromatic carbocycles. The van der Waals surface area contributed by atoms with Crippen LogP contribution in [0, 0.1) is 6.92 Å². The fraction of sp³-hybridized carbons (Fsp3) is 0.483. The van der Waals surface area contributed by atoms with E-state index in [1.165, 1.54) is 0 Å². The summed E-state index contributed by atoms with van der Waals surface area (Å²) in [7, 11) is 1.64. The Labute approximate surface area is 225 Å². The van der Waals surface area contributed by atoms with E-state index in [0.717, 1.165) is 47.7 Å². The van der Waals surface area contributed by atoms with Crippen molar-refractivity contribution in [1.29, 1.82) is 0 Å². The van der Waals surface area contributed by atoms with Crippen molar-refractivity contribution in [2.75, 3.05) is 59.6 Å². The standard InChI is InChI=1S/C29H39N5O4/c1-4-13-30-29(36)33(15-14-32-16-18-38-19-17-32)21-28(35)34-27(24-7-5-22(2)6-8-24)20-26(31-34)23-9-11-25(37-3)12-10-23/h5-12,27H,4,13-21H2,1-3H3,(H,30,36)/t27-/m1/s1. The zero-order valence-corrected chi connectivity index (χ0v) is 22.7. The van der Waals surface area contributed by atoms with Gasteiger partial charge in [-0.25, -0.2) is 9.80 Å². The molecular weight excluding hydrogens is 482 g/mol. The van der Waals surface area contributed by atoms with Crippen molar-refractivity contribution in [2.24, 2.45) is 5.10 Å². The number of hydrogen-bond acceptors (Lipinski definition) is 6. The number of methoxy groups -OCH3 is 1. The number of hydrogen-bond donors (Lipinski definition) is 1. The molecule has 2 heterocycles. The van der Waals surface area contributed by atoms with Crippen LogP contribution in [0.5, 0.6) is 5.75 Å². The maximum Gasteiger partial charge on any atom is 0.317 e. The predicted molar refractivity (Wildman–Crippen MR) is 147 cm³/mol. The molecule has 3 amide bonds. The molecule has 1 N–H and O–H groups in total. The molecule has 2 aliphatic heterocycles. The van der Waals surface area contributed by atoms with Gasteiger partial charge in [0.1, 0.15) is 12.3 Å². The molecule has 9 nitrogen and oxygen atoms in total. The number of nitrogens with one attached hydrogen (secondary N) is 1. The van der Waals surface area contributed by atoms with Gasteiger partial charge in [0.25, 0.3) is 5.91 Å². The minimum absolute atomic E-state index is 0.0400. The maximum absolute atomic E-state index is 13.8. The van der Waals surface area contributed by atoms with Crippen LogP contribution in [0.2, 0.25) is 0 Å². The Kier molecular flexibility index (Phi) is 9.73. The fourth-order valence-corrected chi connectivity index (χ4v) is 4.67. The molecule has 204 valence electrons. The second-order valence-electron chi connectivity index (χ2n) is 9.75. The zero-order valence-electron chi connectivity index (χ0n) is 22.7. The largest absolute Gasteiger partial charge is 0.497 e. The predicted octanol–water partition coefficient (Wildman–Crippen LogP) is 3.44. The highest BCUT2D eigenvalue weighted by Crippen LogP contribution is 2.33. The molecule has 38 heavy (non-hydrogen) atoms. The number of carbonyl (C=O) groups is 2. The van der Waals surface area contributed by atoms with Crippen LogP contribution in [-0.2, 0) is 9.53 Å². The summed E-state index contributed by atoms with van der Waals surface area (Å²) in [4.78, 5) is 30.6. The van der Waals surface area contributed by atoms with Crippen molar-refractivity contribution >= 4 is 17.6 Å². The van der Waals surface area contributed by atoms with Crippen LogP contribution in [0.15, 0.2) is 53.6 Å². The summed E-state index contributed by atoms with van der Waals surface area (Å²) in [5.74, 6) is 0.567. The lowest BCUT2D eigenvalue weighted by Gasteiger charge is -2.31. The third kappa shape index (κ3) is 7.11. The fourth-order valence-electron chi connectivity index (χ4n) is 4.67. The molecule has 1 atom stereocenters. The molecule has 0 saturated carbocycles. The Balaban J connectivity index is 1.54. The van der Waals surface area contributed by atoms with Gasteiger partial charge in [-0.05, 0) is 48.7 Å². The summed E-state index contributed by atoms with van der Waals surface area (Å²) in [6.45, 7) is 8.77. The third-order valence-corrected chi connectivity index (χ3v) is 6.98. The van der Waals surface area contributed by atoms with Crippen molar-refractivity contribution in [3.8, 4) is 5.75 Å². The smallest absolute Gasteiger partial charge is 0.317 e. The van der Waals surface area contributed by atoms with Crippen molar-refractivity contribution in [2.45, 2.75) is 32.7 Å². The van der Waals surface area contributed by atoms with E-state index in [0.29, 0.717) is 39.3 Å². The molecule has 4 rings (SSSR count). The molecule has 0 aromatic heterocycles. The monoisotopic (exact) mass is 521 g/mol. The van der Waals surface area contributed by atoms with Gasteiger partial charge in [-0.3, -0.25) is 9.69 Å². The summed E-state index contributed by atoms with van der Waals surface area (Å²) in [6, 6.07) is 15.5. The number of morpholine rings is 1. The van der Waals surface area contributed by atoms with Crippen LogP contribution in [0.1, 0.15) is 42.5 Å². The van der Waals surface area contributed by atoms with E-state index < -0.39 is 0 Å². The molecule has 1 fully saturated rings. The molecule has 2 aliphatic rings. The van der Waals surface area contributed by atoms with Crippen LogP contribution < -0.4 is 10.1 Å². The topological polar surface area (TPSA) is 86.7 Å². The van der Waals surface area contributed by atoms with Crippen LogP contribution in [0.3, 0.4) is 0 Å². The highest BCUT2D eigenvalue weighted by Gasteiger charge is 2.34. The van der Waals surface area contributed by atoms with E-state index in [1.807, 2.05) is 38.1 Å². The normalized spacial score (nSPS) is 17.7. The van der Waals surface area contributed by atoms with E-state index in [-0.39, 0.29) is 24.5 Å². The van der Waals surface area contributed by atoms with E-state index >= 15 is 0 Å². The number of amides is 3. The van der Waals surface area contributed by atoms with E-state index in [9.17, 15) is 9.59 Å². The Morgan fingerprint density at radius 3 is 2.47 bits per heavy atom. The highest BCUT2D eigenvalue weighted by atomic mass is 16.5. The lowest BCUT2D eigenvalue weighted by atomic mass is 9.97. The number of aryl methyl sites for hydroxylation is 1. The molecule has 0 bridgehead atoms. The summed E-state index contributed by atoms with van der Waals surface area (Å²) in [5.41, 5.74) is 3.96. The molecular formula is C29H39N5O4. The molecule has 2 aromatic rings. The SMILES string of the molecule is CCCNC(=O)N(CCN1CCOCC1)CC(=O)N1N=C(c2ccc(OC)cc2)C[C@@H]1c1ccc(C)cc1. The number of urea groups is 1. The van der Waals surface area contributed by atoms with E-state index in [4.69, 9.17) is 14.6 Å². The first-order chi connectivity index (χ1) is 18.5. The van der Waals surface area contributed by atoms with Crippen LogP contribution in [0.25, 0.3) is 0 Å². The number of benzene rings is 2. The Morgan fingerprint density at radius 1 is 1.11 bits per heavy atom. The first kappa shape index (κ1) is 27.6. The van der Waals surface area contributed by atoms with E-state index in [1.54, 1.807) is 17.0 Å². The van der Waals surface area contributed by atoms with Gasteiger partial charge >= 0.3 is 6.03 Å². The van der Waals surface area contributed by atoms with E-state index in [2.05, 4.69) is 34.5 Å². The number of rotatable bonds is 10. The van der Waals surface area contributed by atoms with Gasteiger partial charge in [-0.2, -0.15) is 5.10 Å². The van der Waals surface area contributed by atoms with Crippen molar-refractivity contribution < 1.29 is 19.1 Å². The minimum Gasteiger partial charge on any atom is -0.497 e. The maximum atomic E-state index is 13.8. The number of nitrogens with zero attached hydrogens (tertiary/aromatic N) is 4. The molecule has 0 unspecified atom stereocenters. The second-order valence-corrected chi connectivity index (χ2v) is 9.75. The van der Waals surface area contributed by atoms with Gasteiger partial charge < -0.3 is 19.7 Å². The average Bonchev–Trinajstić information content (AvgIpc) is 3.40. The van der Waals surface area contributed by atoms with Crippen molar-refractivity contribution in [3.63, 3.8) is 0 Å². The molecule has 1 saturated heterocycles. The van der Waals surface area contributed by atoms with Gasteiger partial charge in [0.15, 0.2) is 0 Å². The zero-order chi connectivity index (χ0) is 26.9. The van der Waals surface area contributed by atoms with Gasteiger partial charge in [0, 0.05) is 39.1 Å². The quantitative estimate of drug-likeness (QED) is 0.518. The Hall–Kier alpha value is -3.43. The molecule has 0 radical (unpaired) electrons. The van der Waals surface area contributed by atoms with Crippen molar-refractivity contribution in [1.82, 2.24) is 20.1 Å². The van der Waals surface area contributed by atoms with Crippen LogP contribution in [-0.4, -0.2) is 92.1 Å². The summed E-state index contributed by atoms with van der Waals surface area (Å²) in [5, 5.41) is 9.30. The minimum atomic E-state index is -0.236.